The van der Waals surface area contributed by atoms with Crippen LogP contribution >= 0.6 is 23.4 Å². The van der Waals surface area contributed by atoms with Crippen LogP contribution in [-0.4, -0.2) is 48.3 Å². The fraction of sp³-hybridized carbons (Fsp3) is 0.286. The van der Waals surface area contributed by atoms with Crippen molar-refractivity contribution in [3.8, 4) is 0 Å². The molecular formula is C28H28ClN3O4S2. The molecule has 0 aromatic heterocycles. The number of carbonyl (C=O) groups excluding carboxylic acids is 2. The molecule has 0 aliphatic carbocycles. The lowest BCUT2D eigenvalue weighted by Gasteiger charge is -2.25. The predicted octanol–water partition coefficient (Wildman–Crippen LogP) is 5.54. The van der Waals surface area contributed by atoms with Gasteiger partial charge in [0.05, 0.1) is 10.6 Å². The van der Waals surface area contributed by atoms with Gasteiger partial charge in [0.15, 0.2) is 0 Å². The summed E-state index contributed by atoms with van der Waals surface area (Å²) >= 11 is 7.55. The number of halogens is 1. The van der Waals surface area contributed by atoms with Gasteiger partial charge in [-0.2, -0.15) is 4.31 Å². The van der Waals surface area contributed by atoms with Gasteiger partial charge in [0, 0.05) is 35.9 Å². The number of amides is 2. The topological polar surface area (TPSA) is 86.8 Å². The van der Waals surface area contributed by atoms with E-state index in [4.69, 9.17) is 11.6 Å². The van der Waals surface area contributed by atoms with Gasteiger partial charge in [0.1, 0.15) is 5.37 Å². The standard InChI is InChI=1S/C28H28ClN3O4S2/c29-23-10-4-20(5-11-23)18-32-26(33)19-37-28(32)22-8-6-21(7-9-22)27(34)30-24-12-14-25(15-13-24)38(35,36)31-16-2-1-3-17-31/h4-15,28H,1-3,16-19H2,(H,30,34)/t28-/m0/s1. The van der Waals surface area contributed by atoms with Gasteiger partial charge in [-0.3, -0.25) is 9.59 Å². The van der Waals surface area contributed by atoms with Crippen LogP contribution in [-0.2, 0) is 21.4 Å². The highest BCUT2D eigenvalue weighted by Crippen LogP contribution is 2.39. The second-order valence-corrected chi connectivity index (χ2v) is 12.8. The van der Waals surface area contributed by atoms with Gasteiger partial charge >= 0.3 is 0 Å². The molecule has 0 saturated carbocycles. The molecule has 2 saturated heterocycles. The second kappa shape index (κ2) is 11.5. The highest BCUT2D eigenvalue weighted by atomic mass is 35.5. The maximum Gasteiger partial charge on any atom is 0.255 e. The number of nitrogens with zero attached hydrogens (tertiary/aromatic N) is 2. The van der Waals surface area contributed by atoms with Crippen molar-refractivity contribution in [1.29, 1.82) is 0 Å². The van der Waals surface area contributed by atoms with Gasteiger partial charge in [-0.1, -0.05) is 42.3 Å². The lowest BCUT2D eigenvalue weighted by atomic mass is 10.1. The Balaban J connectivity index is 1.23. The number of anilines is 1. The molecule has 38 heavy (non-hydrogen) atoms. The Morgan fingerprint density at radius 3 is 2.24 bits per heavy atom. The molecule has 2 fully saturated rings. The fourth-order valence-electron chi connectivity index (χ4n) is 4.65. The summed E-state index contributed by atoms with van der Waals surface area (Å²) in [5.74, 6) is 0.183. The summed E-state index contributed by atoms with van der Waals surface area (Å²) in [5.41, 5.74) is 2.93. The number of hydrogen-bond donors (Lipinski definition) is 1. The Morgan fingerprint density at radius 2 is 1.58 bits per heavy atom. The summed E-state index contributed by atoms with van der Waals surface area (Å²) in [4.78, 5) is 27.5. The maximum absolute atomic E-state index is 12.8. The molecule has 1 N–H and O–H groups in total. The summed E-state index contributed by atoms with van der Waals surface area (Å²) < 4.78 is 27.2. The average Bonchev–Trinajstić information content (AvgIpc) is 3.30. The van der Waals surface area contributed by atoms with E-state index >= 15 is 0 Å². The largest absolute Gasteiger partial charge is 0.322 e. The van der Waals surface area contributed by atoms with Crippen LogP contribution in [0.15, 0.2) is 77.7 Å². The SMILES string of the molecule is O=C(Nc1ccc(S(=O)(=O)N2CCCCC2)cc1)c1ccc([C@@H]2SCC(=O)N2Cc2ccc(Cl)cc2)cc1. The number of carbonyl (C=O) groups is 2. The van der Waals surface area contributed by atoms with E-state index in [-0.39, 0.29) is 22.1 Å². The molecule has 10 heteroatoms. The van der Waals surface area contributed by atoms with Crippen molar-refractivity contribution in [3.63, 3.8) is 0 Å². The summed E-state index contributed by atoms with van der Waals surface area (Å²) in [6.07, 6.45) is 2.81. The first-order chi connectivity index (χ1) is 18.3. The zero-order valence-corrected chi connectivity index (χ0v) is 23.1. The monoisotopic (exact) mass is 569 g/mol. The van der Waals surface area contributed by atoms with Crippen LogP contribution in [0.1, 0.15) is 46.1 Å². The van der Waals surface area contributed by atoms with Crippen molar-refractivity contribution in [2.24, 2.45) is 0 Å². The third kappa shape index (κ3) is 5.91. The Morgan fingerprint density at radius 1 is 0.921 bits per heavy atom. The van der Waals surface area contributed by atoms with Gasteiger partial charge in [-0.25, -0.2) is 8.42 Å². The minimum Gasteiger partial charge on any atom is -0.322 e. The molecule has 2 aliphatic heterocycles. The van der Waals surface area contributed by atoms with E-state index < -0.39 is 10.0 Å². The van der Waals surface area contributed by atoms with Crippen molar-refractivity contribution in [2.75, 3.05) is 24.2 Å². The van der Waals surface area contributed by atoms with E-state index in [1.807, 2.05) is 41.3 Å². The van der Waals surface area contributed by atoms with Gasteiger partial charge in [-0.05, 0) is 72.5 Å². The zero-order chi connectivity index (χ0) is 26.7. The number of hydrogen-bond acceptors (Lipinski definition) is 5. The number of thioether (sulfide) groups is 1. The molecule has 7 nitrogen and oxygen atoms in total. The van der Waals surface area contributed by atoms with E-state index in [2.05, 4.69) is 5.32 Å². The highest BCUT2D eigenvalue weighted by molar-refractivity contribution is 8.00. The van der Waals surface area contributed by atoms with Crippen molar-refractivity contribution >= 4 is 50.9 Å². The molecule has 2 amide bonds. The molecule has 0 unspecified atom stereocenters. The maximum atomic E-state index is 12.8. The van der Waals surface area contributed by atoms with Crippen LogP contribution < -0.4 is 5.32 Å². The van der Waals surface area contributed by atoms with Gasteiger partial charge in [0.25, 0.3) is 5.91 Å². The fourth-order valence-corrected chi connectivity index (χ4v) is 7.49. The summed E-state index contributed by atoms with van der Waals surface area (Å²) in [6.45, 7) is 1.58. The normalized spacial score (nSPS) is 18.5. The number of benzene rings is 3. The van der Waals surface area contributed by atoms with Gasteiger partial charge in [0.2, 0.25) is 15.9 Å². The molecule has 5 rings (SSSR count). The molecule has 0 bridgehead atoms. The lowest BCUT2D eigenvalue weighted by molar-refractivity contribution is -0.128. The van der Waals surface area contributed by atoms with Crippen LogP contribution in [0.4, 0.5) is 5.69 Å². The number of piperidine rings is 1. The van der Waals surface area contributed by atoms with Crippen LogP contribution in [0.5, 0.6) is 0 Å². The van der Waals surface area contributed by atoms with E-state index in [1.54, 1.807) is 36.0 Å². The minimum atomic E-state index is -3.52. The molecule has 1 atom stereocenters. The Bertz CT molecular complexity index is 1410. The zero-order valence-electron chi connectivity index (χ0n) is 20.7. The quantitative estimate of drug-likeness (QED) is 0.404. The Labute approximate surface area is 232 Å². The lowest BCUT2D eigenvalue weighted by Crippen LogP contribution is -2.35. The third-order valence-electron chi connectivity index (χ3n) is 6.76. The van der Waals surface area contributed by atoms with E-state index in [1.165, 1.54) is 16.4 Å². The molecule has 0 spiro atoms. The Kier molecular flexibility index (Phi) is 8.09. The van der Waals surface area contributed by atoms with Gasteiger partial charge < -0.3 is 10.2 Å². The molecule has 0 radical (unpaired) electrons. The first-order valence-corrected chi connectivity index (χ1v) is 15.3. The highest BCUT2D eigenvalue weighted by Gasteiger charge is 2.33. The average molecular weight is 570 g/mol. The number of rotatable bonds is 7. The Hall–Kier alpha value is -2.85. The summed E-state index contributed by atoms with van der Waals surface area (Å²) in [5, 5.41) is 3.35. The van der Waals surface area contributed by atoms with E-state index in [0.29, 0.717) is 41.7 Å². The smallest absolute Gasteiger partial charge is 0.255 e. The molecule has 2 aliphatic rings. The third-order valence-corrected chi connectivity index (χ3v) is 10.2. The molecule has 2 heterocycles. The molecule has 3 aromatic rings. The van der Waals surface area contributed by atoms with Crippen molar-refractivity contribution in [3.05, 3.63) is 94.5 Å². The molecule has 198 valence electrons. The summed E-state index contributed by atoms with van der Waals surface area (Å²) in [6, 6.07) is 21.0. The first kappa shape index (κ1) is 26.7. The van der Waals surface area contributed by atoms with E-state index in [0.717, 1.165) is 30.4 Å². The predicted molar refractivity (Wildman–Crippen MR) is 151 cm³/mol. The van der Waals surface area contributed by atoms with E-state index in [9.17, 15) is 18.0 Å². The van der Waals surface area contributed by atoms with Crippen LogP contribution in [0.2, 0.25) is 5.02 Å². The van der Waals surface area contributed by atoms with Crippen LogP contribution in [0.3, 0.4) is 0 Å². The minimum absolute atomic E-state index is 0.0718. The summed E-state index contributed by atoms with van der Waals surface area (Å²) in [7, 11) is -3.52. The number of sulfonamides is 1. The molecule has 3 aromatic carbocycles. The van der Waals surface area contributed by atoms with Crippen LogP contribution in [0, 0.1) is 0 Å². The second-order valence-electron chi connectivity index (χ2n) is 9.38. The molecular weight excluding hydrogens is 542 g/mol. The van der Waals surface area contributed by atoms with Crippen LogP contribution in [0.25, 0.3) is 0 Å². The van der Waals surface area contributed by atoms with Crippen molar-refractivity contribution in [1.82, 2.24) is 9.21 Å². The van der Waals surface area contributed by atoms with Crippen molar-refractivity contribution < 1.29 is 18.0 Å². The van der Waals surface area contributed by atoms with Crippen molar-refractivity contribution in [2.45, 2.75) is 36.1 Å². The first-order valence-electron chi connectivity index (χ1n) is 12.5. The number of nitrogens with one attached hydrogen (secondary N) is 1. The van der Waals surface area contributed by atoms with Gasteiger partial charge in [-0.15, -0.1) is 11.8 Å².